The maximum Gasteiger partial charge on any atom is 0.268 e. The molecular formula is C16H14N4O. The largest absolute Gasteiger partial charge is 0.307 e. The van der Waals surface area contributed by atoms with Gasteiger partial charge >= 0.3 is 0 Å². The predicted molar refractivity (Wildman–Crippen MR) is 78.3 cm³/mol. The summed E-state index contributed by atoms with van der Waals surface area (Å²) in [7, 11) is 0. The molecule has 0 fully saturated rings. The third-order valence-corrected chi connectivity index (χ3v) is 3.69. The molecule has 0 atom stereocenters. The van der Waals surface area contributed by atoms with E-state index in [4.69, 9.17) is 0 Å². The Kier molecular flexibility index (Phi) is 2.72. The topological polar surface area (TPSA) is 49.6 Å². The Labute approximate surface area is 121 Å². The number of hydrogen-bond donors (Lipinski definition) is 1. The molecule has 0 spiro atoms. The predicted octanol–water partition coefficient (Wildman–Crippen LogP) is 1.99. The van der Waals surface area contributed by atoms with E-state index in [9.17, 15) is 4.79 Å². The lowest BCUT2D eigenvalue weighted by Gasteiger charge is -2.15. The van der Waals surface area contributed by atoms with Crippen LogP contribution >= 0.6 is 0 Å². The fraction of sp³-hybridized carbons (Fsp3) is 0.125. The molecule has 0 aliphatic carbocycles. The Balaban J connectivity index is 1.49. The lowest BCUT2D eigenvalue weighted by atomic mass is 10.1. The highest BCUT2D eigenvalue weighted by Crippen LogP contribution is 2.20. The summed E-state index contributed by atoms with van der Waals surface area (Å²) in [6.07, 6.45) is 3.93. The van der Waals surface area contributed by atoms with E-state index in [-0.39, 0.29) is 5.91 Å². The third kappa shape index (κ3) is 2.08. The molecule has 1 amide bonds. The van der Waals surface area contributed by atoms with Crippen LogP contribution in [0.4, 0.5) is 0 Å². The van der Waals surface area contributed by atoms with Gasteiger partial charge in [0.05, 0.1) is 18.8 Å². The molecule has 3 aromatic rings. The summed E-state index contributed by atoms with van der Waals surface area (Å²) in [6, 6.07) is 13.6. The van der Waals surface area contributed by atoms with Gasteiger partial charge in [0.25, 0.3) is 5.91 Å². The van der Waals surface area contributed by atoms with E-state index in [2.05, 4.69) is 10.4 Å². The van der Waals surface area contributed by atoms with Crippen LogP contribution in [0.5, 0.6) is 0 Å². The summed E-state index contributed by atoms with van der Waals surface area (Å²) in [5.41, 5.74) is 6.82. The number of carbonyl (C=O) groups is 1. The lowest BCUT2D eigenvalue weighted by molar-refractivity contribution is 0.0678. The lowest BCUT2D eigenvalue weighted by Crippen LogP contribution is -2.37. The summed E-state index contributed by atoms with van der Waals surface area (Å²) in [6.45, 7) is 1.13. The molecule has 0 radical (unpaired) electrons. The first-order valence-corrected chi connectivity index (χ1v) is 6.87. The Morgan fingerprint density at radius 1 is 1.14 bits per heavy atom. The van der Waals surface area contributed by atoms with Crippen molar-refractivity contribution in [2.45, 2.75) is 13.1 Å². The second-order valence-corrected chi connectivity index (χ2v) is 5.08. The highest BCUT2D eigenvalue weighted by atomic mass is 16.2. The zero-order valence-corrected chi connectivity index (χ0v) is 11.4. The zero-order chi connectivity index (χ0) is 14.2. The maximum absolute atomic E-state index is 12.2. The van der Waals surface area contributed by atoms with E-state index in [1.165, 1.54) is 0 Å². The van der Waals surface area contributed by atoms with E-state index < -0.39 is 0 Å². The van der Waals surface area contributed by atoms with Gasteiger partial charge in [-0.15, -0.1) is 0 Å². The fourth-order valence-corrected chi connectivity index (χ4v) is 2.63. The van der Waals surface area contributed by atoms with Crippen LogP contribution in [0.1, 0.15) is 21.6 Å². The number of aromatic nitrogens is 2. The van der Waals surface area contributed by atoms with Gasteiger partial charge in [-0.2, -0.15) is 0 Å². The summed E-state index contributed by atoms with van der Waals surface area (Å²) in [5.74, 6) is 0.0226. The number of pyridine rings is 1. The van der Waals surface area contributed by atoms with E-state index in [0.29, 0.717) is 13.1 Å². The van der Waals surface area contributed by atoms with E-state index in [1.807, 2.05) is 59.3 Å². The molecular weight excluding hydrogens is 264 g/mol. The molecule has 0 saturated carbocycles. The van der Waals surface area contributed by atoms with Crippen LogP contribution in [0, 0.1) is 0 Å². The van der Waals surface area contributed by atoms with Gasteiger partial charge < -0.3 is 4.40 Å². The number of rotatable bonds is 3. The molecule has 0 bridgehead atoms. The van der Waals surface area contributed by atoms with Gasteiger partial charge in [0.15, 0.2) is 0 Å². The van der Waals surface area contributed by atoms with Crippen molar-refractivity contribution in [2.75, 3.05) is 0 Å². The van der Waals surface area contributed by atoms with Crippen molar-refractivity contribution in [2.24, 2.45) is 0 Å². The molecule has 104 valence electrons. The van der Waals surface area contributed by atoms with Gasteiger partial charge in [0.1, 0.15) is 5.65 Å². The van der Waals surface area contributed by atoms with Crippen molar-refractivity contribution in [3.8, 4) is 0 Å². The van der Waals surface area contributed by atoms with Crippen LogP contribution in [0.2, 0.25) is 0 Å². The molecule has 1 N–H and O–H groups in total. The molecule has 0 unspecified atom stereocenters. The first kappa shape index (κ1) is 12.1. The quantitative estimate of drug-likeness (QED) is 0.797. The first-order chi connectivity index (χ1) is 10.3. The molecule has 2 aromatic heterocycles. The minimum absolute atomic E-state index is 0.0226. The molecule has 21 heavy (non-hydrogen) atoms. The Hall–Kier alpha value is -2.66. The van der Waals surface area contributed by atoms with Gasteiger partial charge in [-0.1, -0.05) is 24.3 Å². The number of nitrogens with one attached hydrogen (secondary N) is 1. The zero-order valence-electron chi connectivity index (χ0n) is 11.4. The van der Waals surface area contributed by atoms with Crippen molar-refractivity contribution in [1.82, 2.24) is 19.8 Å². The highest BCUT2D eigenvalue weighted by molar-refractivity contribution is 5.97. The summed E-state index contributed by atoms with van der Waals surface area (Å²) in [4.78, 5) is 16.7. The van der Waals surface area contributed by atoms with Crippen LogP contribution < -0.4 is 5.43 Å². The molecule has 3 heterocycles. The summed E-state index contributed by atoms with van der Waals surface area (Å²) >= 11 is 0. The number of hydrazine groups is 1. The number of fused-ring (bicyclic) bond motifs is 2. The van der Waals surface area contributed by atoms with Crippen molar-refractivity contribution >= 4 is 11.6 Å². The van der Waals surface area contributed by atoms with Crippen molar-refractivity contribution in [3.05, 3.63) is 71.7 Å². The minimum atomic E-state index is 0.0226. The number of hydrogen-bond acceptors (Lipinski definition) is 3. The Morgan fingerprint density at radius 2 is 2.00 bits per heavy atom. The monoisotopic (exact) mass is 278 g/mol. The minimum Gasteiger partial charge on any atom is -0.307 e. The van der Waals surface area contributed by atoms with Crippen LogP contribution in [0.25, 0.3) is 5.65 Å². The molecule has 4 rings (SSSR count). The second-order valence-electron chi connectivity index (χ2n) is 5.08. The number of nitrogens with zero attached hydrogens (tertiary/aromatic N) is 3. The van der Waals surface area contributed by atoms with Gasteiger partial charge in [-0.3, -0.25) is 9.80 Å². The van der Waals surface area contributed by atoms with Crippen LogP contribution in [0.15, 0.2) is 54.9 Å². The van der Waals surface area contributed by atoms with Gasteiger partial charge in [0.2, 0.25) is 0 Å². The normalized spacial score (nSPS) is 13.9. The summed E-state index contributed by atoms with van der Waals surface area (Å²) < 4.78 is 1.97. The average molecular weight is 278 g/mol. The maximum atomic E-state index is 12.2. The number of benzene rings is 1. The number of amides is 1. The number of imidazole rings is 1. The molecule has 1 aromatic carbocycles. The fourth-order valence-electron chi connectivity index (χ4n) is 2.63. The third-order valence-electron chi connectivity index (χ3n) is 3.69. The van der Waals surface area contributed by atoms with Gasteiger partial charge in [0, 0.05) is 18.0 Å². The van der Waals surface area contributed by atoms with Crippen LogP contribution in [0.3, 0.4) is 0 Å². The second kappa shape index (κ2) is 4.71. The standard InChI is InChI=1S/C16H14N4O/c21-16-14-6-2-1-5-12(14)10-20(16)17-9-13-11-19-8-4-3-7-15(19)18-13/h1-8,11,17H,9-10H2. The molecule has 5 nitrogen and oxygen atoms in total. The van der Waals surface area contributed by atoms with E-state index in [0.717, 1.165) is 22.5 Å². The molecule has 5 heteroatoms. The van der Waals surface area contributed by atoms with Crippen LogP contribution in [-0.4, -0.2) is 20.3 Å². The molecule has 1 aliphatic rings. The van der Waals surface area contributed by atoms with E-state index in [1.54, 1.807) is 5.01 Å². The van der Waals surface area contributed by atoms with Crippen molar-refractivity contribution in [3.63, 3.8) is 0 Å². The first-order valence-electron chi connectivity index (χ1n) is 6.87. The Morgan fingerprint density at radius 3 is 2.86 bits per heavy atom. The molecule has 0 saturated heterocycles. The van der Waals surface area contributed by atoms with Crippen molar-refractivity contribution in [1.29, 1.82) is 0 Å². The van der Waals surface area contributed by atoms with Gasteiger partial charge in [-0.05, 0) is 23.8 Å². The average Bonchev–Trinajstić information content (AvgIpc) is 3.07. The number of carbonyl (C=O) groups excluding carboxylic acids is 1. The van der Waals surface area contributed by atoms with Crippen molar-refractivity contribution < 1.29 is 4.79 Å². The van der Waals surface area contributed by atoms with E-state index >= 15 is 0 Å². The summed E-state index contributed by atoms with van der Waals surface area (Å²) in [5, 5.41) is 1.65. The van der Waals surface area contributed by atoms with Crippen LogP contribution in [-0.2, 0) is 13.1 Å². The smallest absolute Gasteiger partial charge is 0.268 e. The highest BCUT2D eigenvalue weighted by Gasteiger charge is 2.26. The SMILES string of the molecule is O=C1c2ccccc2CN1NCc1cn2ccccc2n1. The molecule has 1 aliphatic heterocycles. The van der Waals surface area contributed by atoms with Gasteiger partial charge in [-0.25, -0.2) is 10.4 Å². The Bertz CT molecular complexity index is 791.